The summed E-state index contributed by atoms with van der Waals surface area (Å²) in [6, 6.07) is 11.3. The molecule has 0 aliphatic heterocycles. The Morgan fingerprint density at radius 1 is 1.22 bits per heavy atom. The summed E-state index contributed by atoms with van der Waals surface area (Å²) in [7, 11) is 1.63. The number of hydrogen-bond donors (Lipinski definition) is 2. The first-order chi connectivity index (χ1) is 11.3. The fourth-order valence-electron chi connectivity index (χ4n) is 2.16. The average Bonchev–Trinajstić information content (AvgIpc) is 3.09. The Morgan fingerprint density at radius 3 is 2.91 bits per heavy atom. The lowest BCUT2D eigenvalue weighted by Crippen LogP contribution is -2.04. The minimum atomic E-state index is 0.372. The van der Waals surface area contributed by atoms with Crippen LogP contribution in [0.1, 0.15) is 11.5 Å². The quantitative estimate of drug-likeness (QED) is 0.720. The van der Waals surface area contributed by atoms with E-state index < -0.39 is 0 Å². The summed E-state index contributed by atoms with van der Waals surface area (Å²) >= 11 is 0. The van der Waals surface area contributed by atoms with Gasteiger partial charge in [-0.1, -0.05) is 17.3 Å². The molecule has 0 aliphatic carbocycles. The minimum absolute atomic E-state index is 0.372. The van der Waals surface area contributed by atoms with E-state index in [0.717, 1.165) is 22.7 Å². The second kappa shape index (κ2) is 6.89. The summed E-state index contributed by atoms with van der Waals surface area (Å²) in [6.07, 6.45) is 1.48. The van der Waals surface area contributed by atoms with Crippen molar-refractivity contribution in [3.05, 3.63) is 54.2 Å². The summed E-state index contributed by atoms with van der Waals surface area (Å²) in [6.45, 7) is 0.834. The first-order valence-electron chi connectivity index (χ1n) is 7.14. The predicted molar refractivity (Wildman–Crippen MR) is 85.7 cm³/mol. The topological polar surface area (TPSA) is 99.1 Å². The largest absolute Gasteiger partial charge is 0.496 e. The number of nitrogens with zero attached hydrogens (tertiary/aromatic N) is 3. The predicted octanol–water partition coefficient (Wildman–Crippen LogP) is 2.21. The van der Waals surface area contributed by atoms with Gasteiger partial charge in [0.1, 0.15) is 23.6 Å². The van der Waals surface area contributed by atoms with Crippen LogP contribution in [0.25, 0.3) is 11.3 Å². The first-order valence-corrected chi connectivity index (χ1v) is 7.14. The third kappa shape index (κ3) is 3.46. The molecule has 3 N–H and O–H groups in total. The minimum Gasteiger partial charge on any atom is -0.496 e. The van der Waals surface area contributed by atoms with Crippen LogP contribution in [-0.4, -0.2) is 22.2 Å². The van der Waals surface area contributed by atoms with Crippen molar-refractivity contribution < 1.29 is 9.26 Å². The zero-order valence-corrected chi connectivity index (χ0v) is 12.7. The van der Waals surface area contributed by atoms with Crippen LogP contribution in [0.15, 0.2) is 47.2 Å². The number of benzene rings is 1. The normalized spacial score (nSPS) is 10.5. The summed E-state index contributed by atoms with van der Waals surface area (Å²) < 4.78 is 10.7. The van der Waals surface area contributed by atoms with Gasteiger partial charge < -0.3 is 20.3 Å². The lowest BCUT2D eigenvalue weighted by atomic mass is 10.1. The molecule has 0 amide bonds. The summed E-state index contributed by atoms with van der Waals surface area (Å²) in [4.78, 5) is 8.18. The van der Waals surface area contributed by atoms with Crippen molar-refractivity contribution in [3.63, 3.8) is 0 Å². The van der Waals surface area contributed by atoms with E-state index in [-0.39, 0.29) is 0 Å². The molecule has 0 spiro atoms. The van der Waals surface area contributed by atoms with Gasteiger partial charge in [0, 0.05) is 24.2 Å². The maximum Gasteiger partial charge on any atom is 0.156 e. The maximum atomic E-state index is 5.56. The van der Waals surface area contributed by atoms with Crippen LogP contribution in [0, 0.1) is 0 Å². The Labute approximate surface area is 133 Å². The third-order valence-electron chi connectivity index (χ3n) is 3.32. The van der Waals surface area contributed by atoms with Gasteiger partial charge in [-0.15, -0.1) is 0 Å². The lowest BCUT2D eigenvalue weighted by molar-refractivity contribution is 0.388. The highest BCUT2D eigenvalue weighted by molar-refractivity contribution is 5.66. The molecule has 0 aliphatic rings. The van der Waals surface area contributed by atoms with Crippen molar-refractivity contribution in [1.82, 2.24) is 15.1 Å². The van der Waals surface area contributed by atoms with Crippen LogP contribution in [0.5, 0.6) is 5.75 Å². The fourth-order valence-corrected chi connectivity index (χ4v) is 2.16. The summed E-state index contributed by atoms with van der Waals surface area (Å²) in [5.41, 5.74) is 7.95. The van der Waals surface area contributed by atoms with Crippen LogP contribution < -0.4 is 15.8 Å². The van der Waals surface area contributed by atoms with Crippen LogP contribution >= 0.6 is 0 Å². The summed E-state index contributed by atoms with van der Waals surface area (Å²) in [5, 5.41) is 7.25. The van der Waals surface area contributed by atoms with Crippen molar-refractivity contribution in [1.29, 1.82) is 0 Å². The number of anilines is 1. The molecular weight excluding hydrogens is 294 g/mol. The van der Waals surface area contributed by atoms with Crippen molar-refractivity contribution in [3.8, 4) is 17.0 Å². The zero-order valence-electron chi connectivity index (χ0n) is 12.7. The zero-order chi connectivity index (χ0) is 16.1. The molecule has 0 bridgehead atoms. The molecule has 3 rings (SSSR count). The number of aromatic nitrogens is 3. The number of hydrogen-bond acceptors (Lipinski definition) is 7. The van der Waals surface area contributed by atoms with Crippen molar-refractivity contribution in [2.75, 3.05) is 12.4 Å². The molecule has 3 aromatic rings. The fraction of sp³-hybridized carbons (Fsp3) is 0.188. The van der Waals surface area contributed by atoms with E-state index >= 15 is 0 Å². The molecule has 0 atom stereocenters. The monoisotopic (exact) mass is 311 g/mol. The molecule has 0 radical (unpaired) electrons. The number of methoxy groups -OCH3 is 1. The SMILES string of the molecule is COc1ccccc1-c1cc(CNc2cc(CN)ncn2)on1. The van der Waals surface area contributed by atoms with E-state index in [1.807, 2.05) is 30.3 Å². The molecule has 118 valence electrons. The molecule has 0 saturated heterocycles. The van der Waals surface area contributed by atoms with Gasteiger partial charge >= 0.3 is 0 Å². The van der Waals surface area contributed by atoms with Gasteiger partial charge in [0.25, 0.3) is 0 Å². The molecule has 2 heterocycles. The molecule has 0 unspecified atom stereocenters. The van der Waals surface area contributed by atoms with Crippen LogP contribution in [-0.2, 0) is 13.1 Å². The molecule has 1 aromatic carbocycles. The van der Waals surface area contributed by atoms with Gasteiger partial charge in [0.15, 0.2) is 5.76 Å². The van der Waals surface area contributed by atoms with Gasteiger partial charge in [-0.05, 0) is 12.1 Å². The number of ether oxygens (including phenoxy) is 1. The van der Waals surface area contributed by atoms with Gasteiger partial charge in [0.2, 0.25) is 0 Å². The van der Waals surface area contributed by atoms with E-state index in [4.69, 9.17) is 15.0 Å². The van der Waals surface area contributed by atoms with Gasteiger partial charge in [0.05, 0.1) is 19.3 Å². The number of nitrogens with two attached hydrogens (primary N) is 1. The van der Waals surface area contributed by atoms with E-state index in [1.165, 1.54) is 6.33 Å². The first kappa shape index (κ1) is 15.0. The number of nitrogens with one attached hydrogen (secondary N) is 1. The highest BCUT2D eigenvalue weighted by Crippen LogP contribution is 2.29. The third-order valence-corrected chi connectivity index (χ3v) is 3.32. The smallest absolute Gasteiger partial charge is 0.156 e. The lowest BCUT2D eigenvalue weighted by Gasteiger charge is -2.04. The van der Waals surface area contributed by atoms with Gasteiger partial charge in [-0.25, -0.2) is 9.97 Å². The van der Waals surface area contributed by atoms with Crippen LogP contribution in [0.3, 0.4) is 0 Å². The van der Waals surface area contributed by atoms with E-state index in [2.05, 4.69) is 20.4 Å². The van der Waals surface area contributed by atoms with Crippen molar-refractivity contribution in [2.24, 2.45) is 5.73 Å². The Hall–Kier alpha value is -2.93. The Kier molecular flexibility index (Phi) is 4.49. The molecule has 23 heavy (non-hydrogen) atoms. The van der Waals surface area contributed by atoms with Crippen molar-refractivity contribution in [2.45, 2.75) is 13.1 Å². The second-order valence-corrected chi connectivity index (χ2v) is 4.83. The number of para-hydroxylation sites is 1. The molecule has 7 nitrogen and oxygen atoms in total. The Balaban J connectivity index is 1.72. The standard InChI is InChI=1S/C16H17N5O2/c1-22-15-5-3-2-4-13(15)14-7-12(23-21-14)9-18-16-6-11(8-17)19-10-20-16/h2-7,10H,8-9,17H2,1H3,(H,18,19,20). The van der Waals surface area contributed by atoms with Crippen LogP contribution in [0.4, 0.5) is 5.82 Å². The maximum absolute atomic E-state index is 5.56. The van der Waals surface area contributed by atoms with E-state index in [0.29, 0.717) is 24.7 Å². The Bertz CT molecular complexity index is 787. The highest BCUT2D eigenvalue weighted by atomic mass is 16.5. The van der Waals surface area contributed by atoms with E-state index in [1.54, 1.807) is 13.2 Å². The average molecular weight is 311 g/mol. The van der Waals surface area contributed by atoms with E-state index in [9.17, 15) is 0 Å². The van der Waals surface area contributed by atoms with Gasteiger partial charge in [-0.2, -0.15) is 0 Å². The van der Waals surface area contributed by atoms with Gasteiger partial charge in [-0.3, -0.25) is 0 Å². The molecule has 2 aromatic heterocycles. The summed E-state index contributed by atoms with van der Waals surface area (Å²) in [5.74, 6) is 2.14. The molecule has 0 saturated carbocycles. The molecule has 0 fully saturated rings. The Morgan fingerprint density at radius 2 is 2.09 bits per heavy atom. The van der Waals surface area contributed by atoms with Crippen LogP contribution in [0.2, 0.25) is 0 Å². The van der Waals surface area contributed by atoms with Crippen molar-refractivity contribution >= 4 is 5.82 Å². The second-order valence-electron chi connectivity index (χ2n) is 4.83. The number of rotatable bonds is 6. The molecule has 7 heteroatoms. The highest BCUT2D eigenvalue weighted by Gasteiger charge is 2.11. The molecular formula is C16H17N5O2.